The third-order valence-electron chi connectivity index (χ3n) is 8.56. The average Bonchev–Trinajstić information content (AvgIpc) is 3.30. The summed E-state index contributed by atoms with van der Waals surface area (Å²) in [6, 6.07) is 14.5. The number of ether oxygens (including phenoxy) is 2. The molecule has 0 heterocycles. The number of carbonyl (C=O) groups is 2. The van der Waals surface area contributed by atoms with Gasteiger partial charge in [0.15, 0.2) is 5.41 Å². The normalized spacial score (nSPS) is 18.4. The van der Waals surface area contributed by atoms with Crippen molar-refractivity contribution >= 4 is 11.9 Å². The molecule has 36 heavy (non-hydrogen) atoms. The number of unbranched alkanes of at least 4 members (excludes halogenated alkanes) is 1. The van der Waals surface area contributed by atoms with Gasteiger partial charge in [-0.2, -0.15) is 0 Å². The van der Waals surface area contributed by atoms with Crippen LogP contribution in [0.15, 0.2) is 42.5 Å². The smallest absolute Gasteiger partial charge is 0.328 e. The lowest BCUT2D eigenvalue weighted by Crippen LogP contribution is -2.49. The number of benzene rings is 2. The molecule has 0 aliphatic heterocycles. The van der Waals surface area contributed by atoms with Crippen molar-refractivity contribution in [1.82, 2.24) is 0 Å². The quantitative estimate of drug-likeness (QED) is 0.244. The summed E-state index contributed by atoms with van der Waals surface area (Å²) in [4.78, 5) is 28.5. The van der Waals surface area contributed by atoms with Crippen LogP contribution in [-0.2, 0) is 30.9 Å². The van der Waals surface area contributed by atoms with Crippen molar-refractivity contribution in [3.05, 3.63) is 59.2 Å². The molecule has 0 aromatic heterocycles. The van der Waals surface area contributed by atoms with Crippen LogP contribution in [0.5, 0.6) is 0 Å². The molecule has 4 nitrogen and oxygen atoms in total. The van der Waals surface area contributed by atoms with E-state index in [1.54, 1.807) is 0 Å². The van der Waals surface area contributed by atoms with E-state index in [4.69, 9.17) is 9.47 Å². The number of rotatable bonds is 8. The topological polar surface area (TPSA) is 52.6 Å². The Morgan fingerprint density at radius 2 is 1.36 bits per heavy atom. The van der Waals surface area contributed by atoms with Gasteiger partial charge < -0.3 is 9.47 Å². The first-order chi connectivity index (χ1) is 17.6. The number of hydrogen-bond donors (Lipinski definition) is 0. The Kier molecular flexibility index (Phi) is 7.79. The van der Waals surface area contributed by atoms with Crippen molar-refractivity contribution in [2.45, 2.75) is 114 Å². The molecule has 2 saturated carbocycles. The average molecular weight is 489 g/mol. The van der Waals surface area contributed by atoms with Crippen LogP contribution < -0.4 is 0 Å². The van der Waals surface area contributed by atoms with Gasteiger partial charge in [0.25, 0.3) is 0 Å². The molecule has 2 aromatic carbocycles. The van der Waals surface area contributed by atoms with Crippen LogP contribution in [0.1, 0.15) is 107 Å². The fourth-order valence-corrected chi connectivity index (χ4v) is 6.51. The molecule has 5 rings (SSSR count). The largest absolute Gasteiger partial charge is 0.461 e. The highest BCUT2D eigenvalue weighted by Crippen LogP contribution is 2.45. The van der Waals surface area contributed by atoms with E-state index >= 15 is 0 Å². The van der Waals surface area contributed by atoms with E-state index in [0.717, 1.165) is 87.3 Å². The summed E-state index contributed by atoms with van der Waals surface area (Å²) in [5.41, 5.74) is 4.02. The van der Waals surface area contributed by atoms with Gasteiger partial charge in [0.05, 0.1) is 0 Å². The number of esters is 2. The number of fused-ring (bicyclic) bond motifs is 3. The molecule has 2 fully saturated rings. The van der Waals surface area contributed by atoms with Gasteiger partial charge in [-0.1, -0.05) is 75.1 Å². The monoisotopic (exact) mass is 488 g/mol. The Bertz CT molecular complexity index is 1040. The summed E-state index contributed by atoms with van der Waals surface area (Å²) in [6.07, 6.45) is 12.8. The Hall–Kier alpha value is -2.62. The molecule has 0 saturated heterocycles. The van der Waals surface area contributed by atoms with E-state index in [1.165, 1.54) is 24.0 Å². The molecule has 4 heteroatoms. The van der Waals surface area contributed by atoms with Crippen molar-refractivity contribution in [2.24, 2.45) is 0 Å². The second kappa shape index (κ2) is 11.2. The third kappa shape index (κ3) is 4.84. The molecule has 0 radical (unpaired) electrons. The Labute approximate surface area is 215 Å². The standard InChI is InChI=1S/C32H40O4/c1-2-3-21-32(30(33)35-24-14-6-4-7-15-24,31(34)36-25-16-8-5-9-17-25)29-20-12-19-27-26-18-11-10-13-23(26)22-28(27)29/h10-13,18-20,24-25H,2-9,14-17,21-22H2,1H3. The molecule has 0 spiro atoms. The molecule has 0 unspecified atom stereocenters. The van der Waals surface area contributed by atoms with E-state index in [2.05, 4.69) is 37.3 Å². The lowest BCUT2D eigenvalue weighted by molar-refractivity contribution is -0.173. The molecule has 3 aliphatic rings. The predicted octanol–water partition coefficient (Wildman–Crippen LogP) is 7.44. The van der Waals surface area contributed by atoms with Crippen molar-refractivity contribution in [3.63, 3.8) is 0 Å². The maximum atomic E-state index is 14.3. The minimum absolute atomic E-state index is 0.108. The van der Waals surface area contributed by atoms with Crippen LogP contribution >= 0.6 is 0 Å². The third-order valence-corrected chi connectivity index (χ3v) is 8.56. The fraction of sp³-hybridized carbons (Fsp3) is 0.562. The fourth-order valence-electron chi connectivity index (χ4n) is 6.51. The Balaban J connectivity index is 1.58. The van der Waals surface area contributed by atoms with E-state index in [-0.39, 0.29) is 12.2 Å². The van der Waals surface area contributed by atoms with Crippen LogP contribution in [-0.4, -0.2) is 24.1 Å². The predicted molar refractivity (Wildman–Crippen MR) is 142 cm³/mol. The molecule has 0 amide bonds. The zero-order valence-electron chi connectivity index (χ0n) is 21.7. The SMILES string of the molecule is CCCCC(C(=O)OC1CCCCC1)(C(=O)OC1CCCCC1)c1cccc2c1Cc1ccccc1-2. The molecule has 2 aromatic rings. The highest BCUT2D eigenvalue weighted by atomic mass is 16.6. The molecular weight excluding hydrogens is 448 g/mol. The first-order valence-corrected chi connectivity index (χ1v) is 14.3. The van der Waals surface area contributed by atoms with Crippen LogP contribution in [0, 0.1) is 0 Å². The second-order valence-electron chi connectivity index (χ2n) is 11.0. The van der Waals surface area contributed by atoms with Gasteiger partial charge in [0, 0.05) is 0 Å². The highest BCUT2D eigenvalue weighted by molar-refractivity contribution is 6.07. The highest BCUT2D eigenvalue weighted by Gasteiger charge is 2.53. The first kappa shape index (κ1) is 25.0. The van der Waals surface area contributed by atoms with Crippen molar-refractivity contribution in [3.8, 4) is 11.1 Å². The minimum atomic E-state index is -1.42. The summed E-state index contributed by atoms with van der Waals surface area (Å²) >= 11 is 0. The van der Waals surface area contributed by atoms with E-state index in [1.807, 2.05) is 12.1 Å². The molecule has 0 atom stereocenters. The van der Waals surface area contributed by atoms with Gasteiger partial charge >= 0.3 is 11.9 Å². The zero-order valence-corrected chi connectivity index (χ0v) is 21.7. The van der Waals surface area contributed by atoms with Crippen molar-refractivity contribution in [1.29, 1.82) is 0 Å². The van der Waals surface area contributed by atoms with Crippen LogP contribution in [0.2, 0.25) is 0 Å². The van der Waals surface area contributed by atoms with Crippen molar-refractivity contribution in [2.75, 3.05) is 0 Å². The lowest BCUT2D eigenvalue weighted by atomic mass is 9.73. The van der Waals surface area contributed by atoms with Crippen LogP contribution in [0.4, 0.5) is 0 Å². The Morgan fingerprint density at radius 3 is 1.97 bits per heavy atom. The summed E-state index contributed by atoms with van der Waals surface area (Å²) in [7, 11) is 0. The summed E-state index contributed by atoms with van der Waals surface area (Å²) in [5.74, 6) is -0.791. The van der Waals surface area contributed by atoms with Gasteiger partial charge in [0.2, 0.25) is 0 Å². The van der Waals surface area contributed by atoms with Gasteiger partial charge in [0.1, 0.15) is 12.2 Å². The molecule has 192 valence electrons. The van der Waals surface area contributed by atoms with Gasteiger partial charge in [-0.3, -0.25) is 9.59 Å². The van der Waals surface area contributed by atoms with Crippen molar-refractivity contribution < 1.29 is 19.1 Å². The van der Waals surface area contributed by atoms with Gasteiger partial charge in [-0.25, -0.2) is 0 Å². The molecule has 3 aliphatic carbocycles. The molecule has 0 bridgehead atoms. The number of carbonyl (C=O) groups excluding carboxylic acids is 2. The maximum Gasteiger partial charge on any atom is 0.328 e. The lowest BCUT2D eigenvalue weighted by Gasteiger charge is -2.35. The number of hydrogen-bond acceptors (Lipinski definition) is 4. The summed E-state index contributed by atoms with van der Waals surface area (Å²) in [5, 5.41) is 0. The summed E-state index contributed by atoms with van der Waals surface area (Å²) in [6.45, 7) is 2.11. The van der Waals surface area contributed by atoms with E-state index in [0.29, 0.717) is 6.42 Å². The second-order valence-corrected chi connectivity index (χ2v) is 11.0. The minimum Gasteiger partial charge on any atom is -0.461 e. The molecule has 0 N–H and O–H groups in total. The first-order valence-electron chi connectivity index (χ1n) is 14.3. The van der Waals surface area contributed by atoms with E-state index in [9.17, 15) is 9.59 Å². The van der Waals surface area contributed by atoms with Gasteiger partial charge in [-0.15, -0.1) is 0 Å². The van der Waals surface area contributed by atoms with Gasteiger partial charge in [-0.05, 0) is 92.0 Å². The summed E-state index contributed by atoms with van der Waals surface area (Å²) < 4.78 is 12.4. The zero-order chi connectivity index (χ0) is 25.0. The maximum absolute atomic E-state index is 14.3. The van der Waals surface area contributed by atoms with Crippen LogP contribution in [0.25, 0.3) is 11.1 Å². The Morgan fingerprint density at radius 1 is 0.778 bits per heavy atom. The molecular formula is C32H40O4. The van der Waals surface area contributed by atoms with E-state index < -0.39 is 17.4 Å². The van der Waals surface area contributed by atoms with Crippen LogP contribution in [0.3, 0.4) is 0 Å².